The van der Waals surface area contributed by atoms with Gasteiger partial charge in [-0.05, 0) is 42.3 Å². The van der Waals surface area contributed by atoms with Gasteiger partial charge in [0.05, 0.1) is 16.3 Å². The molecule has 0 bridgehead atoms. The molecule has 0 unspecified atom stereocenters. The van der Waals surface area contributed by atoms with Crippen molar-refractivity contribution < 1.29 is 13.5 Å². The molecule has 0 atom stereocenters. The number of nitrogen functional groups attached to an aromatic ring is 1. The highest BCUT2D eigenvalue weighted by atomic mass is 32.2. The van der Waals surface area contributed by atoms with Crippen molar-refractivity contribution in [1.82, 2.24) is 0 Å². The summed E-state index contributed by atoms with van der Waals surface area (Å²) in [5.41, 5.74) is 7.30. The number of sulfonamides is 1. The van der Waals surface area contributed by atoms with Crippen LogP contribution in [0, 0.1) is 0 Å². The normalized spacial score (nSPS) is 11.3. The maximum Gasteiger partial charge on any atom is 0.264 e. The predicted molar refractivity (Wildman–Crippen MR) is 83.9 cm³/mol. The minimum atomic E-state index is -3.71. The number of phenolic OH excluding ortho intramolecular Hbond substituents is 1. The van der Waals surface area contributed by atoms with Gasteiger partial charge in [-0.1, -0.05) is 19.1 Å². The number of nitrogens with zero attached hydrogens (tertiary/aromatic N) is 1. The SMILES string of the molecule is CCc1ccc(N(C)S(=O)(=O)c2ccc(O)c(N)c2)cc1. The van der Waals surface area contributed by atoms with Crippen molar-refractivity contribution in [2.45, 2.75) is 18.2 Å². The number of nitrogens with two attached hydrogens (primary N) is 1. The minimum Gasteiger partial charge on any atom is -0.506 e. The molecule has 0 aliphatic carbocycles. The molecule has 0 heterocycles. The summed E-state index contributed by atoms with van der Waals surface area (Å²) in [5.74, 6) is -0.135. The van der Waals surface area contributed by atoms with Crippen LogP contribution in [0.3, 0.4) is 0 Å². The summed E-state index contributed by atoms with van der Waals surface area (Å²) in [7, 11) is -2.22. The molecule has 0 saturated heterocycles. The molecule has 0 aromatic heterocycles. The Morgan fingerprint density at radius 3 is 2.29 bits per heavy atom. The van der Waals surface area contributed by atoms with Crippen molar-refractivity contribution in [2.24, 2.45) is 0 Å². The zero-order valence-corrected chi connectivity index (χ0v) is 12.8. The number of hydrogen-bond acceptors (Lipinski definition) is 4. The Morgan fingerprint density at radius 2 is 1.76 bits per heavy atom. The van der Waals surface area contributed by atoms with E-state index in [0.717, 1.165) is 12.0 Å². The maximum atomic E-state index is 12.5. The van der Waals surface area contributed by atoms with E-state index in [0.29, 0.717) is 5.69 Å². The Balaban J connectivity index is 2.39. The smallest absolute Gasteiger partial charge is 0.264 e. The fourth-order valence-corrected chi connectivity index (χ4v) is 3.16. The molecule has 2 rings (SSSR count). The standard InChI is InChI=1S/C15H18N2O3S/c1-3-11-4-6-12(7-5-11)17(2)21(19,20)13-8-9-15(18)14(16)10-13/h4-10,18H,3,16H2,1-2H3. The summed E-state index contributed by atoms with van der Waals surface area (Å²) in [6.45, 7) is 2.04. The second-order valence-electron chi connectivity index (χ2n) is 4.71. The highest BCUT2D eigenvalue weighted by molar-refractivity contribution is 7.92. The van der Waals surface area contributed by atoms with Gasteiger partial charge in [0, 0.05) is 7.05 Å². The first-order valence-electron chi connectivity index (χ1n) is 6.52. The van der Waals surface area contributed by atoms with Gasteiger partial charge in [0.1, 0.15) is 5.75 Å². The Labute approximate surface area is 124 Å². The highest BCUT2D eigenvalue weighted by Gasteiger charge is 2.22. The van der Waals surface area contributed by atoms with Crippen LogP contribution < -0.4 is 10.0 Å². The van der Waals surface area contributed by atoms with Crippen molar-refractivity contribution in [2.75, 3.05) is 17.1 Å². The van der Waals surface area contributed by atoms with Gasteiger partial charge in [-0.2, -0.15) is 0 Å². The summed E-state index contributed by atoms with van der Waals surface area (Å²) in [5, 5.41) is 9.39. The molecule has 6 heteroatoms. The lowest BCUT2D eigenvalue weighted by Gasteiger charge is -2.20. The molecule has 5 nitrogen and oxygen atoms in total. The van der Waals surface area contributed by atoms with Gasteiger partial charge in [-0.3, -0.25) is 4.31 Å². The summed E-state index contributed by atoms with van der Waals surface area (Å²) in [4.78, 5) is 0.0415. The molecule has 0 saturated carbocycles. The third-order valence-corrected chi connectivity index (χ3v) is 5.15. The lowest BCUT2D eigenvalue weighted by molar-refractivity contribution is 0.477. The average Bonchev–Trinajstić information content (AvgIpc) is 2.49. The van der Waals surface area contributed by atoms with Crippen LogP contribution in [0.15, 0.2) is 47.4 Å². The second kappa shape index (κ2) is 5.65. The van der Waals surface area contributed by atoms with E-state index in [4.69, 9.17) is 5.73 Å². The van der Waals surface area contributed by atoms with E-state index in [1.54, 1.807) is 12.1 Å². The third-order valence-electron chi connectivity index (χ3n) is 3.37. The largest absolute Gasteiger partial charge is 0.506 e. The summed E-state index contributed by atoms with van der Waals surface area (Å²) in [6, 6.07) is 11.2. The van der Waals surface area contributed by atoms with E-state index in [9.17, 15) is 13.5 Å². The van der Waals surface area contributed by atoms with Crippen molar-refractivity contribution in [1.29, 1.82) is 0 Å². The van der Waals surface area contributed by atoms with Crippen LogP contribution in [-0.4, -0.2) is 20.6 Å². The molecular formula is C15H18N2O3S. The minimum absolute atomic E-state index is 0.0332. The molecular weight excluding hydrogens is 288 g/mol. The highest BCUT2D eigenvalue weighted by Crippen LogP contribution is 2.27. The van der Waals surface area contributed by atoms with E-state index < -0.39 is 10.0 Å². The van der Waals surface area contributed by atoms with Crippen LogP contribution >= 0.6 is 0 Å². The van der Waals surface area contributed by atoms with Crippen molar-refractivity contribution in [3.8, 4) is 5.75 Å². The molecule has 2 aromatic rings. The maximum absolute atomic E-state index is 12.5. The van der Waals surface area contributed by atoms with Gasteiger partial charge >= 0.3 is 0 Å². The van der Waals surface area contributed by atoms with Crippen molar-refractivity contribution in [3.63, 3.8) is 0 Å². The first-order valence-corrected chi connectivity index (χ1v) is 7.96. The number of anilines is 2. The molecule has 2 aromatic carbocycles. The molecule has 0 fully saturated rings. The van der Waals surface area contributed by atoms with Gasteiger partial charge < -0.3 is 10.8 Å². The fourth-order valence-electron chi connectivity index (χ4n) is 1.93. The van der Waals surface area contributed by atoms with E-state index >= 15 is 0 Å². The topological polar surface area (TPSA) is 83.6 Å². The summed E-state index contributed by atoms with van der Waals surface area (Å²) in [6.07, 6.45) is 0.894. The number of phenols is 1. The molecule has 0 aliphatic rings. The molecule has 0 radical (unpaired) electrons. The molecule has 0 amide bonds. The molecule has 21 heavy (non-hydrogen) atoms. The Hall–Kier alpha value is -2.21. The first kappa shape index (κ1) is 15.2. The fraction of sp³-hybridized carbons (Fsp3) is 0.200. The van der Waals surface area contributed by atoms with Crippen LogP contribution in [0.5, 0.6) is 5.75 Å². The van der Waals surface area contributed by atoms with E-state index in [2.05, 4.69) is 0 Å². The first-order chi connectivity index (χ1) is 9.86. The van der Waals surface area contributed by atoms with E-state index in [-0.39, 0.29) is 16.3 Å². The number of hydrogen-bond donors (Lipinski definition) is 2. The van der Waals surface area contributed by atoms with Crippen LogP contribution in [0.4, 0.5) is 11.4 Å². The summed E-state index contributed by atoms with van der Waals surface area (Å²) >= 11 is 0. The van der Waals surface area contributed by atoms with Crippen LogP contribution in [0.1, 0.15) is 12.5 Å². The van der Waals surface area contributed by atoms with Gasteiger partial charge in [-0.25, -0.2) is 8.42 Å². The second-order valence-corrected chi connectivity index (χ2v) is 6.68. The number of rotatable bonds is 4. The molecule has 112 valence electrons. The average molecular weight is 306 g/mol. The number of aryl methyl sites for hydroxylation is 1. The van der Waals surface area contributed by atoms with Crippen LogP contribution in [0.25, 0.3) is 0 Å². The lowest BCUT2D eigenvalue weighted by Crippen LogP contribution is -2.26. The van der Waals surface area contributed by atoms with E-state index in [1.165, 1.54) is 29.6 Å². The Bertz CT molecular complexity index is 740. The lowest BCUT2D eigenvalue weighted by atomic mass is 10.1. The Morgan fingerprint density at radius 1 is 1.14 bits per heavy atom. The molecule has 0 spiro atoms. The predicted octanol–water partition coefficient (Wildman–Crippen LogP) is 2.36. The zero-order chi connectivity index (χ0) is 15.6. The van der Waals surface area contributed by atoms with Gasteiger partial charge in [0.2, 0.25) is 0 Å². The van der Waals surface area contributed by atoms with Crippen LogP contribution in [0.2, 0.25) is 0 Å². The van der Waals surface area contributed by atoms with Gasteiger partial charge in [0.15, 0.2) is 0 Å². The van der Waals surface area contributed by atoms with Crippen molar-refractivity contribution in [3.05, 3.63) is 48.0 Å². The number of benzene rings is 2. The van der Waals surface area contributed by atoms with Gasteiger partial charge in [-0.15, -0.1) is 0 Å². The monoisotopic (exact) mass is 306 g/mol. The molecule has 0 aliphatic heterocycles. The quantitative estimate of drug-likeness (QED) is 0.671. The Kier molecular flexibility index (Phi) is 4.09. The van der Waals surface area contributed by atoms with Gasteiger partial charge in [0.25, 0.3) is 10.0 Å². The van der Waals surface area contributed by atoms with Crippen molar-refractivity contribution >= 4 is 21.4 Å². The zero-order valence-electron chi connectivity index (χ0n) is 11.9. The molecule has 3 N–H and O–H groups in total. The third kappa shape index (κ3) is 2.95. The number of aromatic hydroxyl groups is 1. The summed E-state index contributed by atoms with van der Waals surface area (Å²) < 4.78 is 26.3. The van der Waals surface area contributed by atoms with E-state index in [1.807, 2.05) is 19.1 Å². The van der Waals surface area contributed by atoms with Crippen LogP contribution in [-0.2, 0) is 16.4 Å².